The topological polar surface area (TPSA) is 72.5 Å². The average Bonchev–Trinajstić information content (AvgIpc) is 2.60. The van der Waals surface area contributed by atoms with Crippen LogP contribution in [0.2, 0.25) is 0 Å². The highest BCUT2D eigenvalue weighted by Crippen LogP contribution is 2.25. The van der Waals surface area contributed by atoms with E-state index in [9.17, 15) is 13.2 Å². The minimum absolute atomic E-state index is 0.151. The molecule has 0 spiro atoms. The molecule has 18 heavy (non-hydrogen) atoms. The summed E-state index contributed by atoms with van der Waals surface area (Å²) in [5.41, 5.74) is -0.630. The standard InChI is InChI=1S/C10H14BrNO4S2/c1-10(2,3)16-8(13)6-12-18(14,15)9-5-4-7(11)17-9/h4-5,12H,6H2,1-3H3. The fourth-order valence-electron chi connectivity index (χ4n) is 1.04. The SMILES string of the molecule is CC(C)(C)OC(=O)CNS(=O)(=O)c1ccc(Br)s1. The van der Waals surface area contributed by atoms with E-state index in [1.54, 1.807) is 26.8 Å². The van der Waals surface area contributed by atoms with Crippen molar-refractivity contribution in [2.75, 3.05) is 6.54 Å². The number of thiophene rings is 1. The van der Waals surface area contributed by atoms with Crippen LogP contribution in [0.5, 0.6) is 0 Å². The summed E-state index contributed by atoms with van der Waals surface area (Å²) in [7, 11) is -3.65. The van der Waals surface area contributed by atoms with Gasteiger partial charge in [-0.25, -0.2) is 8.42 Å². The van der Waals surface area contributed by atoms with Gasteiger partial charge >= 0.3 is 5.97 Å². The maximum atomic E-state index is 11.8. The Morgan fingerprint density at radius 2 is 2.06 bits per heavy atom. The fraction of sp³-hybridized carbons (Fsp3) is 0.500. The van der Waals surface area contributed by atoms with E-state index in [1.807, 2.05) is 0 Å². The predicted octanol–water partition coefficient (Wildman–Crippen LogP) is 2.13. The van der Waals surface area contributed by atoms with Crippen LogP contribution in [0, 0.1) is 0 Å². The molecule has 0 bridgehead atoms. The smallest absolute Gasteiger partial charge is 0.321 e. The van der Waals surface area contributed by atoms with E-state index < -0.39 is 21.6 Å². The molecule has 8 heteroatoms. The summed E-state index contributed by atoms with van der Waals surface area (Å²) in [6.45, 7) is 4.77. The molecule has 0 aromatic carbocycles. The first-order valence-corrected chi connectivity index (χ1v) is 8.16. The summed E-state index contributed by atoms with van der Waals surface area (Å²) in [5.74, 6) is -0.610. The Morgan fingerprint density at radius 1 is 1.44 bits per heavy atom. The number of nitrogens with one attached hydrogen (secondary N) is 1. The van der Waals surface area contributed by atoms with Crippen molar-refractivity contribution in [3.05, 3.63) is 15.9 Å². The lowest BCUT2D eigenvalue weighted by molar-refractivity contribution is -0.153. The van der Waals surface area contributed by atoms with Crippen molar-refractivity contribution >= 4 is 43.3 Å². The molecular formula is C10H14BrNO4S2. The molecule has 0 aliphatic heterocycles. The third-order valence-electron chi connectivity index (χ3n) is 1.64. The van der Waals surface area contributed by atoms with E-state index in [1.165, 1.54) is 6.07 Å². The van der Waals surface area contributed by atoms with Crippen LogP contribution in [0.1, 0.15) is 20.8 Å². The van der Waals surface area contributed by atoms with Gasteiger partial charge in [0.25, 0.3) is 10.0 Å². The molecule has 0 amide bonds. The van der Waals surface area contributed by atoms with E-state index in [2.05, 4.69) is 20.7 Å². The van der Waals surface area contributed by atoms with E-state index >= 15 is 0 Å². The molecule has 1 aromatic heterocycles. The summed E-state index contributed by atoms with van der Waals surface area (Å²) in [6, 6.07) is 3.10. The highest BCUT2D eigenvalue weighted by Gasteiger charge is 2.21. The second-order valence-corrected chi connectivity index (χ2v) is 8.93. The molecule has 0 aliphatic rings. The first kappa shape index (κ1) is 15.6. The highest BCUT2D eigenvalue weighted by molar-refractivity contribution is 9.11. The van der Waals surface area contributed by atoms with Gasteiger partial charge in [0, 0.05) is 0 Å². The maximum Gasteiger partial charge on any atom is 0.321 e. The van der Waals surface area contributed by atoms with Gasteiger partial charge in [-0.05, 0) is 48.8 Å². The summed E-state index contributed by atoms with van der Waals surface area (Å²) in [4.78, 5) is 11.4. The Bertz CT molecular complexity index is 530. The molecule has 0 saturated heterocycles. The number of rotatable bonds is 4. The second-order valence-electron chi connectivity index (χ2n) is 4.47. The minimum Gasteiger partial charge on any atom is -0.459 e. The number of esters is 1. The zero-order valence-corrected chi connectivity index (χ0v) is 13.4. The van der Waals surface area contributed by atoms with E-state index in [-0.39, 0.29) is 10.8 Å². The Morgan fingerprint density at radius 3 is 2.50 bits per heavy atom. The molecule has 0 fully saturated rings. The molecule has 0 saturated carbocycles. The zero-order chi connectivity index (χ0) is 14.0. The molecule has 1 rings (SSSR count). The predicted molar refractivity (Wildman–Crippen MR) is 73.1 cm³/mol. The van der Waals surface area contributed by atoms with Crippen LogP contribution in [-0.4, -0.2) is 26.5 Å². The van der Waals surface area contributed by atoms with Crippen LogP contribution in [0.4, 0.5) is 0 Å². The number of ether oxygens (including phenoxy) is 1. The van der Waals surface area contributed by atoms with Crippen LogP contribution >= 0.6 is 27.3 Å². The Hall–Kier alpha value is -0.440. The lowest BCUT2D eigenvalue weighted by atomic mass is 10.2. The van der Waals surface area contributed by atoms with E-state index in [0.29, 0.717) is 3.79 Å². The average molecular weight is 356 g/mol. The van der Waals surface area contributed by atoms with Gasteiger partial charge in [0.05, 0.1) is 3.79 Å². The monoisotopic (exact) mass is 355 g/mol. The summed E-state index contributed by atoms with van der Waals surface area (Å²) < 4.78 is 31.6. The summed E-state index contributed by atoms with van der Waals surface area (Å²) in [6.07, 6.45) is 0. The molecule has 1 aromatic rings. The van der Waals surface area contributed by atoms with Crippen molar-refractivity contribution in [1.82, 2.24) is 4.72 Å². The lowest BCUT2D eigenvalue weighted by Crippen LogP contribution is -2.34. The minimum atomic E-state index is -3.65. The van der Waals surface area contributed by atoms with Crippen molar-refractivity contribution < 1.29 is 17.9 Å². The second kappa shape index (κ2) is 5.68. The summed E-state index contributed by atoms with van der Waals surface area (Å²) >= 11 is 4.25. The van der Waals surface area contributed by atoms with Gasteiger partial charge in [-0.15, -0.1) is 11.3 Å². The van der Waals surface area contributed by atoms with Crippen molar-refractivity contribution in [1.29, 1.82) is 0 Å². The van der Waals surface area contributed by atoms with Crippen molar-refractivity contribution in [3.8, 4) is 0 Å². The van der Waals surface area contributed by atoms with Gasteiger partial charge in [0.2, 0.25) is 0 Å². The molecular weight excluding hydrogens is 342 g/mol. The molecule has 5 nitrogen and oxygen atoms in total. The first-order valence-electron chi connectivity index (χ1n) is 5.07. The van der Waals surface area contributed by atoms with Crippen LogP contribution < -0.4 is 4.72 Å². The van der Waals surface area contributed by atoms with Gasteiger partial charge < -0.3 is 4.74 Å². The lowest BCUT2D eigenvalue weighted by Gasteiger charge is -2.19. The molecule has 0 aliphatic carbocycles. The molecule has 0 atom stereocenters. The van der Waals surface area contributed by atoms with Crippen LogP contribution in [0.15, 0.2) is 20.1 Å². The van der Waals surface area contributed by atoms with Gasteiger partial charge in [-0.2, -0.15) is 4.72 Å². The third-order valence-corrected chi connectivity index (χ3v) is 5.16. The van der Waals surface area contributed by atoms with Crippen molar-refractivity contribution in [2.24, 2.45) is 0 Å². The number of carbonyl (C=O) groups is 1. The largest absolute Gasteiger partial charge is 0.459 e. The molecule has 0 unspecified atom stereocenters. The maximum absolute atomic E-state index is 11.8. The Labute approximate surface area is 119 Å². The number of carbonyl (C=O) groups excluding carboxylic acids is 1. The molecule has 1 N–H and O–H groups in total. The van der Waals surface area contributed by atoms with E-state index in [0.717, 1.165) is 11.3 Å². The zero-order valence-electron chi connectivity index (χ0n) is 10.2. The highest BCUT2D eigenvalue weighted by atomic mass is 79.9. The summed E-state index contributed by atoms with van der Waals surface area (Å²) in [5, 5.41) is 0. The van der Waals surface area contributed by atoms with Crippen molar-refractivity contribution in [3.63, 3.8) is 0 Å². The van der Waals surface area contributed by atoms with Crippen molar-refractivity contribution in [2.45, 2.75) is 30.6 Å². The van der Waals surface area contributed by atoms with E-state index in [4.69, 9.17) is 4.74 Å². The normalized spacial score (nSPS) is 12.4. The Kier molecular flexibility index (Phi) is 4.93. The van der Waals surface area contributed by atoms with Crippen LogP contribution in [0.3, 0.4) is 0 Å². The van der Waals surface area contributed by atoms with Crippen LogP contribution in [0.25, 0.3) is 0 Å². The van der Waals surface area contributed by atoms with Gasteiger partial charge in [-0.1, -0.05) is 0 Å². The molecule has 102 valence electrons. The molecule has 1 heterocycles. The fourth-order valence-corrected chi connectivity index (χ4v) is 4.07. The quantitative estimate of drug-likeness (QED) is 0.839. The number of halogens is 1. The molecule has 0 radical (unpaired) electrons. The Balaban J connectivity index is 2.61. The van der Waals surface area contributed by atoms with Gasteiger partial charge in [0.15, 0.2) is 0 Å². The number of hydrogen-bond donors (Lipinski definition) is 1. The number of hydrogen-bond acceptors (Lipinski definition) is 5. The number of sulfonamides is 1. The third kappa shape index (κ3) is 5.05. The van der Waals surface area contributed by atoms with Gasteiger partial charge in [0.1, 0.15) is 16.4 Å². The van der Waals surface area contributed by atoms with Gasteiger partial charge in [-0.3, -0.25) is 4.79 Å². The first-order chi connectivity index (χ1) is 8.10. The van der Waals surface area contributed by atoms with Crippen LogP contribution in [-0.2, 0) is 19.6 Å².